The molecule has 0 atom stereocenters. The predicted molar refractivity (Wildman–Crippen MR) is 85.0 cm³/mol. The maximum absolute atomic E-state index is 11.7. The Kier molecular flexibility index (Phi) is 7.10. The van der Waals surface area contributed by atoms with Crippen LogP contribution in [0.5, 0.6) is 0 Å². The lowest BCUT2D eigenvalue weighted by Gasteiger charge is -2.19. The van der Waals surface area contributed by atoms with Gasteiger partial charge in [-0.2, -0.15) is 0 Å². The maximum Gasteiger partial charge on any atom is 0.316 e. The van der Waals surface area contributed by atoms with Crippen molar-refractivity contribution in [3.8, 4) is 0 Å². The van der Waals surface area contributed by atoms with Gasteiger partial charge in [-0.3, -0.25) is 4.79 Å². The van der Waals surface area contributed by atoms with Gasteiger partial charge in [0.1, 0.15) is 5.60 Å². The van der Waals surface area contributed by atoms with Gasteiger partial charge in [0.15, 0.2) is 0 Å². The Balaban J connectivity index is 2.52. The normalized spacial score (nSPS) is 11.4. The van der Waals surface area contributed by atoms with Crippen LogP contribution < -0.4 is 5.32 Å². The second kappa shape index (κ2) is 8.32. The van der Waals surface area contributed by atoms with Crippen molar-refractivity contribution < 1.29 is 9.53 Å². The lowest BCUT2D eigenvalue weighted by Crippen LogP contribution is -2.25. The van der Waals surface area contributed by atoms with E-state index in [9.17, 15) is 4.79 Å². The molecule has 1 aromatic rings. The number of nitrogens with one attached hydrogen (secondary N) is 1. The zero-order chi connectivity index (χ0) is 15.0. The number of rotatable bonds is 7. The zero-order valence-corrected chi connectivity index (χ0v) is 13.7. The van der Waals surface area contributed by atoms with E-state index in [2.05, 4.69) is 24.4 Å². The summed E-state index contributed by atoms with van der Waals surface area (Å²) in [6.45, 7) is 9.65. The van der Waals surface area contributed by atoms with Crippen LogP contribution in [0.2, 0.25) is 0 Å². The maximum atomic E-state index is 11.7. The number of hydrogen-bond acceptors (Lipinski definition) is 4. The summed E-state index contributed by atoms with van der Waals surface area (Å²) in [6, 6.07) is 8.18. The Morgan fingerprint density at radius 3 is 2.65 bits per heavy atom. The highest BCUT2D eigenvalue weighted by Gasteiger charge is 2.16. The van der Waals surface area contributed by atoms with Gasteiger partial charge < -0.3 is 10.1 Å². The van der Waals surface area contributed by atoms with Gasteiger partial charge >= 0.3 is 5.97 Å². The minimum atomic E-state index is -0.417. The molecule has 4 heteroatoms. The number of hydrogen-bond donors (Lipinski definition) is 1. The Hall–Kier alpha value is -1.00. The fourth-order valence-corrected chi connectivity index (χ4v) is 2.53. The highest BCUT2D eigenvalue weighted by Crippen LogP contribution is 2.23. The van der Waals surface area contributed by atoms with Gasteiger partial charge in [-0.05, 0) is 45.4 Å². The summed E-state index contributed by atoms with van der Waals surface area (Å²) >= 11 is 1.54. The van der Waals surface area contributed by atoms with E-state index in [1.165, 1.54) is 17.3 Å². The molecule has 0 radical (unpaired) electrons. The molecule has 0 unspecified atom stereocenters. The van der Waals surface area contributed by atoms with Crippen molar-refractivity contribution >= 4 is 17.7 Å². The molecular formula is C16H25NO2S. The van der Waals surface area contributed by atoms with Crippen molar-refractivity contribution in [3.05, 3.63) is 29.8 Å². The lowest BCUT2D eigenvalue weighted by molar-refractivity contribution is -0.151. The molecule has 3 nitrogen and oxygen atoms in total. The van der Waals surface area contributed by atoms with E-state index in [-0.39, 0.29) is 5.97 Å². The van der Waals surface area contributed by atoms with Crippen molar-refractivity contribution in [2.24, 2.45) is 0 Å². The van der Waals surface area contributed by atoms with Crippen LogP contribution in [0.3, 0.4) is 0 Å². The van der Waals surface area contributed by atoms with E-state index < -0.39 is 5.60 Å². The molecule has 0 bridgehead atoms. The van der Waals surface area contributed by atoms with Gasteiger partial charge in [-0.1, -0.05) is 25.1 Å². The van der Waals surface area contributed by atoms with Crippen LogP contribution in [-0.4, -0.2) is 23.9 Å². The molecule has 0 aliphatic carbocycles. The summed E-state index contributed by atoms with van der Waals surface area (Å²) in [5, 5.41) is 3.39. The lowest BCUT2D eigenvalue weighted by atomic mass is 10.2. The number of thioether (sulfide) groups is 1. The molecular weight excluding hydrogens is 270 g/mol. The molecule has 1 N–H and O–H groups in total. The van der Waals surface area contributed by atoms with Crippen molar-refractivity contribution in [2.45, 2.75) is 51.2 Å². The van der Waals surface area contributed by atoms with E-state index >= 15 is 0 Å². The molecule has 0 aromatic heterocycles. The van der Waals surface area contributed by atoms with Crippen LogP contribution in [0.4, 0.5) is 0 Å². The molecule has 1 aromatic carbocycles. The molecule has 0 saturated carbocycles. The van der Waals surface area contributed by atoms with Gasteiger partial charge in [0.05, 0.1) is 5.75 Å². The van der Waals surface area contributed by atoms with Crippen LogP contribution in [0.1, 0.15) is 39.7 Å². The number of esters is 1. The number of carbonyl (C=O) groups excluding carboxylic acids is 1. The monoisotopic (exact) mass is 295 g/mol. The van der Waals surface area contributed by atoms with Gasteiger partial charge in [0.25, 0.3) is 0 Å². The van der Waals surface area contributed by atoms with Crippen molar-refractivity contribution in [1.82, 2.24) is 5.32 Å². The first-order chi connectivity index (χ1) is 9.42. The molecule has 1 rings (SSSR count). The first-order valence-corrected chi connectivity index (χ1v) is 8.04. The molecule has 0 spiro atoms. The summed E-state index contributed by atoms with van der Waals surface area (Å²) < 4.78 is 5.32. The second-order valence-electron chi connectivity index (χ2n) is 5.66. The van der Waals surface area contributed by atoms with Gasteiger partial charge in [0, 0.05) is 11.4 Å². The molecule has 0 fully saturated rings. The average Bonchev–Trinajstić information content (AvgIpc) is 2.36. The SMILES string of the molecule is CCCNCc1ccccc1SCC(=O)OC(C)(C)C. The van der Waals surface area contributed by atoms with Crippen LogP contribution >= 0.6 is 11.8 Å². The summed E-state index contributed by atoms with van der Waals surface area (Å²) in [5.74, 6) is 0.182. The Labute approximate surface area is 126 Å². The van der Waals surface area contributed by atoms with E-state index in [1.807, 2.05) is 32.9 Å². The van der Waals surface area contributed by atoms with Crippen LogP contribution in [0, 0.1) is 0 Å². The topological polar surface area (TPSA) is 38.3 Å². The third kappa shape index (κ3) is 6.96. The summed E-state index contributed by atoms with van der Waals surface area (Å²) in [7, 11) is 0. The van der Waals surface area contributed by atoms with Crippen molar-refractivity contribution in [2.75, 3.05) is 12.3 Å². The second-order valence-corrected chi connectivity index (χ2v) is 6.68. The van der Waals surface area contributed by atoms with Crippen molar-refractivity contribution in [1.29, 1.82) is 0 Å². The Morgan fingerprint density at radius 2 is 2.00 bits per heavy atom. The summed E-state index contributed by atoms with van der Waals surface area (Å²) in [5.41, 5.74) is 0.814. The van der Waals surface area contributed by atoms with Gasteiger partial charge in [-0.25, -0.2) is 0 Å². The first kappa shape index (κ1) is 17.1. The smallest absolute Gasteiger partial charge is 0.316 e. The number of benzene rings is 1. The minimum Gasteiger partial charge on any atom is -0.459 e. The van der Waals surface area contributed by atoms with E-state index in [1.54, 1.807) is 0 Å². The number of ether oxygens (including phenoxy) is 1. The minimum absolute atomic E-state index is 0.168. The van der Waals surface area contributed by atoms with Gasteiger partial charge in [0.2, 0.25) is 0 Å². The fraction of sp³-hybridized carbons (Fsp3) is 0.562. The Bertz CT molecular complexity index is 427. The molecule has 20 heavy (non-hydrogen) atoms. The van der Waals surface area contributed by atoms with Crippen LogP contribution in [-0.2, 0) is 16.1 Å². The third-order valence-electron chi connectivity index (χ3n) is 2.48. The van der Waals surface area contributed by atoms with Crippen LogP contribution in [0.15, 0.2) is 29.2 Å². The third-order valence-corrected chi connectivity index (χ3v) is 3.57. The highest BCUT2D eigenvalue weighted by atomic mass is 32.2. The zero-order valence-electron chi connectivity index (χ0n) is 12.9. The van der Waals surface area contributed by atoms with Crippen molar-refractivity contribution in [3.63, 3.8) is 0 Å². The largest absolute Gasteiger partial charge is 0.459 e. The van der Waals surface area contributed by atoms with E-state index in [0.29, 0.717) is 5.75 Å². The standard InChI is InChI=1S/C16H25NO2S/c1-5-10-17-11-13-8-6-7-9-14(13)20-12-15(18)19-16(2,3)4/h6-9,17H,5,10-12H2,1-4H3. The highest BCUT2D eigenvalue weighted by molar-refractivity contribution is 8.00. The fourth-order valence-electron chi connectivity index (χ4n) is 1.70. The average molecular weight is 295 g/mol. The predicted octanol–water partition coefficient (Wildman–Crippen LogP) is 3.62. The van der Waals surface area contributed by atoms with E-state index in [0.717, 1.165) is 24.4 Å². The molecule has 0 saturated heterocycles. The number of carbonyl (C=O) groups is 1. The molecule has 0 heterocycles. The molecule has 0 aliphatic rings. The molecule has 112 valence electrons. The van der Waals surface area contributed by atoms with Gasteiger partial charge in [-0.15, -0.1) is 11.8 Å². The molecule has 0 amide bonds. The quantitative estimate of drug-likeness (QED) is 0.474. The Morgan fingerprint density at radius 1 is 1.30 bits per heavy atom. The molecule has 0 aliphatic heterocycles. The summed E-state index contributed by atoms with van der Waals surface area (Å²) in [6.07, 6.45) is 1.12. The van der Waals surface area contributed by atoms with E-state index in [4.69, 9.17) is 4.74 Å². The van der Waals surface area contributed by atoms with Crippen LogP contribution in [0.25, 0.3) is 0 Å². The first-order valence-electron chi connectivity index (χ1n) is 7.05. The summed E-state index contributed by atoms with van der Waals surface area (Å²) in [4.78, 5) is 12.9.